The number of fused-ring (bicyclic) bond motifs is 1. The largest absolute Gasteiger partial charge is 0.388 e. The molecule has 0 fully saturated rings. The highest BCUT2D eigenvalue weighted by molar-refractivity contribution is 6.29. The highest BCUT2D eigenvalue weighted by atomic mass is 35.5. The van der Waals surface area contributed by atoms with E-state index < -0.39 is 5.60 Å². The van der Waals surface area contributed by atoms with Gasteiger partial charge in [0.05, 0.1) is 28.8 Å². The minimum absolute atomic E-state index is 0.229. The molecule has 0 bridgehead atoms. The quantitative estimate of drug-likeness (QED) is 0.424. The van der Waals surface area contributed by atoms with Gasteiger partial charge in [0.25, 0.3) is 0 Å². The Morgan fingerprint density at radius 1 is 1.16 bits per heavy atom. The van der Waals surface area contributed by atoms with Crippen LogP contribution in [0.15, 0.2) is 48.7 Å². The summed E-state index contributed by atoms with van der Waals surface area (Å²) < 4.78 is 1.70. The number of halogens is 1. The Bertz CT molecular complexity index is 1330. The molecule has 0 aliphatic rings. The fourth-order valence-electron chi connectivity index (χ4n) is 3.38. The van der Waals surface area contributed by atoms with Gasteiger partial charge in [0.15, 0.2) is 5.65 Å². The number of nitriles is 1. The predicted octanol–water partition coefficient (Wildman–Crippen LogP) is 4.86. The van der Waals surface area contributed by atoms with E-state index >= 15 is 0 Å². The molecule has 1 aromatic carbocycles. The maximum Gasteiger partial charge on any atom is 0.165 e. The molecule has 7 nitrogen and oxygen atoms in total. The summed E-state index contributed by atoms with van der Waals surface area (Å²) in [5.41, 5.74) is 4.12. The van der Waals surface area contributed by atoms with Gasteiger partial charge in [-0.2, -0.15) is 10.4 Å². The van der Waals surface area contributed by atoms with E-state index in [4.69, 9.17) is 21.7 Å². The molecule has 162 valence electrons. The zero-order valence-corrected chi connectivity index (χ0v) is 19.0. The lowest BCUT2D eigenvalue weighted by Gasteiger charge is -2.27. The fourth-order valence-corrected chi connectivity index (χ4v) is 3.64. The summed E-state index contributed by atoms with van der Waals surface area (Å²) in [4.78, 5) is 9.08. The van der Waals surface area contributed by atoms with Crippen molar-refractivity contribution >= 4 is 23.1 Å². The topological polar surface area (TPSA) is 99.1 Å². The van der Waals surface area contributed by atoms with Gasteiger partial charge in [-0.15, -0.1) is 0 Å². The van der Waals surface area contributed by atoms with Gasteiger partial charge in [0, 0.05) is 17.5 Å². The Morgan fingerprint density at radius 3 is 2.62 bits per heavy atom. The van der Waals surface area contributed by atoms with E-state index in [1.165, 1.54) is 0 Å². The summed E-state index contributed by atoms with van der Waals surface area (Å²) in [5.74, 6) is 0.613. The van der Waals surface area contributed by atoms with Crippen LogP contribution >= 0.6 is 11.6 Å². The summed E-state index contributed by atoms with van der Waals surface area (Å²) >= 11 is 6.27. The average Bonchev–Trinajstić information content (AvgIpc) is 3.11. The van der Waals surface area contributed by atoms with Crippen molar-refractivity contribution in [2.24, 2.45) is 0 Å². The molecule has 0 saturated carbocycles. The first-order valence-electron chi connectivity index (χ1n) is 10.2. The summed E-state index contributed by atoms with van der Waals surface area (Å²) in [5, 5.41) is 28.1. The zero-order valence-electron chi connectivity index (χ0n) is 18.3. The predicted molar refractivity (Wildman–Crippen MR) is 125 cm³/mol. The number of aromatic nitrogens is 4. The first kappa shape index (κ1) is 21.8. The van der Waals surface area contributed by atoms with Crippen molar-refractivity contribution in [3.8, 4) is 28.5 Å². The van der Waals surface area contributed by atoms with E-state index in [0.717, 1.165) is 22.4 Å². The number of nitrogens with zero attached hydrogens (tertiary/aromatic N) is 5. The number of aryl methyl sites for hydroxylation is 1. The third kappa shape index (κ3) is 4.28. The molecule has 0 radical (unpaired) electrons. The van der Waals surface area contributed by atoms with Crippen molar-refractivity contribution in [2.75, 3.05) is 5.32 Å². The number of anilines is 1. The Hall–Kier alpha value is -3.47. The van der Waals surface area contributed by atoms with Crippen molar-refractivity contribution < 1.29 is 5.11 Å². The van der Waals surface area contributed by atoms with Crippen LogP contribution in [0.25, 0.3) is 28.0 Å². The molecule has 4 rings (SSSR count). The van der Waals surface area contributed by atoms with Gasteiger partial charge < -0.3 is 10.4 Å². The number of hydrogen-bond donors (Lipinski definition) is 2. The van der Waals surface area contributed by atoms with Gasteiger partial charge >= 0.3 is 0 Å². The van der Waals surface area contributed by atoms with Gasteiger partial charge in [-0.05, 0) is 63.6 Å². The van der Waals surface area contributed by atoms with Gasteiger partial charge in [-0.3, -0.25) is 0 Å². The van der Waals surface area contributed by atoms with E-state index in [-0.39, 0.29) is 6.04 Å². The summed E-state index contributed by atoms with van der Waals surface area (Å²) in [7, 11) is 0. The number of nitrogens with one attached hydrogen (secondary N) is 1. The van der Waals surface area contributed by atoms with Crippen LogP contribution in [-0.2, 0) is 0 Å². The lowest BCUT2D eigenvalue weighted by molar-refractivity contribution is 0.0648. The van der Waals surface area contributed by atoms with Crippen molar-refractivity contribution in [2.45, 2.75) is 39.3 Å². The minimum Gasteiger partial charge on any atom is -0.388 e. The van der Waals surface area contributed by atoms with Crippen LogP contribution in [0.5, 0.6) is 0 Å². The standard InChI is InChI=1S/C24H23ClN6O/c1-14-10-18(12-19(25)27-14)21-22(17-7-5-6-16(11-17)13-26)30-31-9-8-20(29-23(21)31)28-15(2)24(3,4)32/h5-12,15,32H,1-4H3,(H,28,29). The summed E-state index contributed by atoms with van der Waals surface area (Å²) in [6.45, 7) is 7.27. The van der Waals surface area contributed by atoms with Gasteiger partial charge in [0.2, 0.25) is 0 Å². The Morgan fingerprint density at radius 2 is 1.94 bits per heavy atom. The van der Waals surface area contributed by atoms with Gasteiger partial charge in [-0.25, -0.2) is 14.5 Å². The lowest BCUT2D eigenvalue weighted by atomic mass is 10.00. The first-order valence-corrected chi connectivity index (χ1v) is 10.6. The molecule has 0 aliphatic carbocycles. The number of hydrogen-bond acceptors (Lipinski definition) is 6. The second-order valence-electron chi connectivity index (χ2n) is 8.34. The Kier molecular flexibility index (Phi) is 5.59. The molecule has 0 aliphatic heterocycles. The zero-order chi connectivity index (χ0) is 23.0. The smallest absolute Gasteiger partial charge is 0.165 e. The molecule has 3 heterocycles. The van der Waals surface area contributed by atoms with Crippen LogP contribution in [0.3, 0.4) is 0 Å². The molecule has 8 heteroatoms. The van der Waals surface area contributed by atoms with E-state index in [0.29, 0.717) is 27.9 Å². The molecule has 0 saturated heterocycles. The number of rotatable bonds is 5. The van der Waals surface area contributed by atoms with Crippen molar-refractivity contribution in [1.29, 1.82) is 5.26 Å². The summed E-state index contributed by atoms with van der Waals surface area (Å²) in [6.07, 6.45) is 1.82. The molecule has 0 spiro atoms. The lowest BCUT2D eigenvalue weighted by Crippen LogP contribution is -2.39. The maximum atomic E-state index is 10.3. The molecule has 2 N–H and O–H groups in total. The Balaban J connectivity index is 1.96. The summed E-state index contributed by atoms with van der Waals surface area (Å²) in [6, 6.07) is 14.8. The van der Waals surface area contributed by atoms with Crippen molar-refractivity contribution in [3.63, 3.8) is 0 Å². The molecule has 0 amide bonds. The van der Waals surface area contributed by atoms with Crippen molar-refractivity contribution in [3.05, 3.63) is 65.1 Å². The molecular formula is C24H23ClN6O. The molecule has 4 aromatic rings. The monoisotopic (exact) mass is 446 g/mol. The fraction of sp³-hybridized carbons (Fsp3) is 0.250. The van der Waals surface area contributed by atoms with Crippen LogP contribution in [0.4, 0.5) is 5.82 Å². The van der Waals surface area contributed by atoms with Crippen LogP contribution < -0.4 is 5.32 Å². The number of benzene rings is 1. The maximum absolute atomic E-state index is 10.3. The number of aliphatic hydroxyl groups is 1. The average molecular weight is 447 g/mol. The van der Waals surface area contributed by atoms with E-state index in [2.05, 4.69) is 16.4 Å². The highest BCUT2D eigenvalue weighted by Gasteiger charge is 2.24. The van der Waals surface area contributed by atoms with Crippen LogP contribution in [0.1, 0.15) is 32.0 Å². The van der Waals surface area contributed by atoms with Gasteiger partial charge in [-0.1, -0.05) is 23.7 Å². The van der Waals surface area contributed by atoms with E-state index in [1.807, 2.05) is 44.3 Å². The third-order valence-corrected chi connectivity index (χ3v) is 5.58. The van der Waals surface area contributed by atoms with E-state index in [9.17, 15) is 10.4 Å². The Labute approximate surface area is 191 Å². The van der Waals surface area contributed by atoms with Crippen LogP contribution in [-0.4, -0.2) is 36.3 Å². The van der Waals surface area contributed by atoms with E-state index in [1.54, 1.807) is 36.6 Å². The van der Waals surface area contributed by atoms with Crippen molar-refractivity contribution in [1.82, 2.24) is 19.6 Å². The van der Waals surface area contributed by atoms with Gasteiger partial charge in [0.1, 0.15) is 16.7 Å². The molecule has 3 aromatic heterocycles. The molecule has 32 heavy (non-hydrogen) atoms. The molecule has 1 unspecified atom stereocenters. The minimum atomic E-state index is -0.921. The molecular weight excluding hydrogens is 424 g/mol. The normalized spacial score (nSPS) is 12.5. The molecule has 1 atom stereocenters. The second kappa shape index (κ2) is 8.23. The SMILES string of the molecule is Cc1cc(-c2c(-c3cccc(C#N)c3)nn3ccc(NC(C)C(C)(C)O)nc23)cc(Cl)n1. The van der Waals surface area contributed by atoms with Crippen LogP contribution in [0, 0.1) is 18.3 Å². The third-order valence-electron chi connectivity index (χ3n) is 5.39. The first-order chi connectivity index (χ1) is 15.2. The number of pyridine rings is 1. The highest BCUT2D eigenvalue weighted by Crippen LogP contribution is 2.36. The second-order valence-corrected chi connectivity index (χ2v) is 8.72. The van der Waals surface area contributed by atoms with Crippen LogP contribution in [0.2, 0.25) is 5.15 Å².